The summed E-state index contributed by atoms with van der Waals surface area (Å²) in [7, 11) is 0. The normalized spacial score (nSPS) is 14.4. The Labute approximate surface area is 175 Å². The number of aryl methyl sites for hydroxylation is 1. The first kappa shape index (κ1) is 22.9. The molecule has 0 atom stereocenters. The maximum absolute atomic E-state index is 12.4. The Morgan fingerprint density at radius 1 is 1.14 bits per heavy atom. The first-order valence-electron chi connectivity index (χ1n) is 10.6. The van der Waals surface area contributed by atoms with Crippen LogP contribution >= 0.6 is 0 Å². The summed E-state index contributed by atoms with van der Waals surface area (Å²) in [4.78, 5) is 27.0. The van der Waals surface area contributed by atoms with E-state index >= 15 is 0 Å². The third kappa shape index (κ3) is 7.89. The molecule has 1 aromatic carbocycles. The third-order valence-corrected chi connectivity index (χ3v) is 4.70. The number of rotatable bonds is 10. The van der Waals surface area contributed by atoms with E-state index in [1.54, 1.807) is 0 Å². The van der Waals surface area contributed by atoms with Gasteiger partial charge < -0.3 is 10.2 Å². The number of hydrogen-bond donors (Lipinski definition) is 2. The van der Waals surface area contributed by atoms with Crippen LogP contribution in [0.1, 0.15) is 45.2 Å². The van der Waals surface area contributed by atoms with Crippen molar-refractivity contribution < 1.29 is 9.59 Å². The number of hydrogen-bond acceptors (Lipinski definition) is 4. The zero-order valence-electron chi connectivity index (χ0n) is 18.5. The Bertz CT molecular complexity index is 700. The van der Waals surface area contributed by atoms with E-state index in [1.807, 2.05) is 37.3 Å². The summed E-state index contributed by atoms with van der Waals surface area (Å²) < 4.78 is 0. The molecular formula is C23H36N4O2. The summed E-state index contributed by atoms with van der Waals surface area (Å²) in [6, 6.07) is 8.09. The fraction of sp³-hybridized carbons (Fsp3) is 0.565. The zero-order chi connectivity index (χ0) is 21.4. The Balaban J connectivity index is 1.83. The van der Waals surface area contributed by atoms with Crippen LogP contribution in [0.25, 0.3) is 5.70 Å². The molecule has 2 amide bonds. The fourth-order valence-corrected chi connectivity index (χ4v) is 3.44. The lowest BCUT2D eigenvalue weighted by molar-refractivity contribution is -0.137. The van der Waals surface area contributed by atoms with Gasteiger partial charge in [0.15, 0.2) is 0 Å². The van der Waals surface area contributed by atoms with Crippen molar-refractivity contribution in [3.63, 3.8) is 0 Å². The summed E-state index contributed by atoms with van der Waals surface area (Å²) >= 11 is 0. The predicted octanol–water partition coefficient (Wildman–Crippen LogP) is 2.80. The van der Waals surface area contributed by atoms with Gasteiger partial charge in [-0.05, 0) is 30.4 Å². The van der Waals surface area contributed by atoms with Crippen LogP contribution in [0.2, 0.25) is 0 Å². The van der Waals surface area contributed by atoms with E-state index in [-0.39, 0.29) is 18.4 Å². The van der Waals surface area contributed by atoms with Gasteiger partial charge in [0.2, 0.25) is 11.8 Å². The molecule has 1 aliphatic heterocycles. The molecule has 0 saturated heterocycles. The van der Waals surface area contributed by atoms with Crippen molar-refractivity contribution in [1.82, 2.24) is 20.7 Å². The van der Waals surface area contributed by atoms with Crippen molar-refractivity contribution in [3.05, 3.63) is 41.5 Å². The molecule has 0 radical (unpaired) electrons. The maximum atomic E-state index is 12.4. The van der Waals surface area contributed by atoms with Gasteiger partial charge in [-0.3, -0.25) is 15.0 Å². The number of amides is 2. The minimum absolute atomic E-state index is 0.0103. The predicted molar refractivity (Wildman–Crippen MR) is 118 cm³/mol. The van der Waals surface area contributed by atoms with E-state index in [0.717, 1.165) is 30.9 Å². The molecule has 2 N–H and O–H groups in total. The number of nitrogens with one attached hydrogen (secondary N) is 2. The fourth-order valence-electron chi connectivity index (χ4n) is 3.44. The van der Waals surface area contributed by atoms with Crippen molar-refractivity contribution in [1.29, 1.82) is 0 Å². The van der Waals surface area contributed by atoms with Crippen LogP contribution in [0.4, 0.5) is 0 Å². The summed E-state index contributed by atoms with van der Waals surface area (Å²) in [6.07, 6.45) is 2.16. The molecule has 1 aliphatic rings. The first-order valence-corrected chi connectivity index (χ1v) is 10.6. The number of benzene rings is 1. The number of carbonyl (C=O) groups excluding carboxylic acids is 2. The highest BCUT2D eigenvalue weighted by atomic mass is 16.2. The lowest BCUT2D eigenvalue weighted by Crippen LogP contribution is -2.50. The largest absolute Gasteiger partial charge is 0.353 e. The standard InChI is InChI=1S/C23H36N4O2/c1-17(2)14-26(15-18(3)4)13-12-24-22(28)16-27-23(29)11-10-21(25-27)20-8-6-19(5)7-9-20/h6-10,17-18,25H,11-16H2,1-5H3,(H,24,28). The van der Waals surface area contributed by atoms with E-state index < -0.39 is 0 Å². The molecule has 0 bridgehead atoms. The molecule has 0 aromatic heterocycles. The van der Waals surface area contributed by atoms with Crippen molar-refractivity contribution in [2.24, 2.45) is 11.8 Å². The van der Waals surface area contributed by atoms with E-state index in [0.29, 0.717) is 24.8 Å². The average molecular weight is 401 g/mol. The van der Waals surface area contributed by atoms with Gasteiger partial charge in [-0.25, -0.2) is 5.01 Å². The SMILES string of the molecule is Cc1ccc(C2=CCC(=O)N(CC(=O)NCCN(CC(C)C)CC(C)C)N2)cc1. The van der Waals surface area contributed by atoms with Gasteiger partial charge in [-0.1, -0.05) is 57.5 Å². The van der Waals surface area contributed by atoms with Crippen LogP contribution in [0.3, 0.4) is 0 Å². The molecule has 6 heteroatoms. The van der Waals surface area contributed by atoms with Crippen molar-refractivity contribution in [2.75, 3.05) is 32.7 Å². The second-order valence-electron chi connectivity index (χ2n) is 8.68. The molecule has 6 nitrogen and oxygen atoms in total. The van der Waals surface area contributed by atoms with Crippen LogP contribution in [-0.4, -0.2) is 54.4 Å². The van der Waals surface area contributed by atoms with Crippen LogP contribution in [0, 0.1) is 18.8 Å². The molecule has 0 unspecified atom stereocenters. The van der Waals surface area contributed by atoms with Gasteiger partial charge in [-0.2, -0.15) is 0 Å². The van der Waals surface area contributed by atoms with Gasteiger partial charge in [0.05, 0.1) is 5.70 Å². The smallest absolute Gasteiger partial charge is 0.245 e. The highest BCUT2D eigenvalue weighted by Gasteiger charge is 2.22. The number of nitrogens with zero attached hydrogens (tertiary/aromatic N) is 2. The monoisotopic (exact) mass is 400 g/mol. The van der Waals surface area contributed by atoms with E-state index in [4.69, 9.17) is 0 Å². The Morgan fingerprint density at radius 2 is 1.76 bits per heavy atom. The molecule has 0 fully saturated rings. The summed E-state index contributed by atoms with van der Waals surface area (Å²) in [5, 5.41) is 4.36. The third-order valence-electron chi connectivity index (χ3n) is 4.70. The summed E-state index contributed by atoms with van der Waals surface area (Å²) in [6.45, 7) is 14.3. The van der Waals surface area contributed by atoms with Gasteiger partial charge >= 0.3 is 0 Å². The van der Waals surface area contributed by atoms with Crippen LogP contribution in [0.5, 0.6) is 0 Å². The quantitative estimate of drug-likeness (QED) is 0.634. The molecule has 29 heavy (non-hydrogen) atoms. The van der Waals surface area contributed by atoms with Crippen molar-refractivity contribution in [3.8, 4) is 0 Å². The highest BCUT2D eigenvalue weighted by Crippen LogP contribution is 2.17. The average Bonchev–Trinajstić information content (AvgIpc) is 2.63. The van der Waals surface area contributed by atoms with Crippen molar-refractivity contribution in [2.45, 2.75) is 41.0 Å². The second-order valence-corrected chi connectivity index (χ2v) is 8.68. The summed E-state index contributed by atoms with van der Waals surface area (Å²) in [5.74, 6) is 0.931. The van der Waals surface area contributed by atoms with Gasteiger partial charge in [0, 0.05) is 32.6 Å². The zero-order valence-corrected chi connectivity index (χ0v) is 18.5. The molecule has 0 saturated carbocycles. The lowest BCUT2D eigenvalue weighted by atomic mass is 10.1. The van der Waals surface area contributed by atoms with Crippen molar-refractivity contribution >= 4 is 17.5 Å². The Morgan fingerprint density at radius 3 is 2.34 bits per heavy atom. The topological polar surface area (TPSA) is 64.7 Å². The lowest BCUT2D eigenvalue weighted by Gasteiger charge is -2.29. The molecule has 0 aliphatic carbocycles. The molecule has 1 heterocycles. The van der Waals surface area contributed by atoms with Gasteiger partial charge in [0.25, 0.3) is 0 Å². The van der Waals surface area contributed by atoms with E-state index in [1.165, 1.54) is 10.6 Å². The first-order chi connectivity index (χ1) is 13.7. The second kappa shape index (κ2) is 11.0. The Hall–Kier alpha value is -2.34. The minimum atomic E-state index is -0.148. The molecular weight excluding hydrogens is 364 g/mol. The molecule has 2 rings (SSSR count). The van der Waals surface area contributed by atoms with Gasteiger partial charge in [0.1, 0.15) is 6.54 Å². The van der Waals surface area contributed by atoms with Crippen LogP contribution in [0.15, 0.2) is 30.3 Å². The maximum Gasteiger partial charge on any atom is 0.245 e. The molecule has 160 valence electrons. The molecule has 0 spiro atoms. The summed E-state index contributed by atoms with van der Waals surface area (Å²) in [5.41, 5.74) is 6.14. The molecule has 1 aromatic rings. The number of carbonyl (C=O) groups is 2. The van der Waals surface area contributed by atoms with E-state index in [2.05, 4.69) is 43.3 Å². The number of hydrazine groups is 1. The van der Waals surface area contributed by atoms with Crippen LogP contribution < -0.4 is 10.7 Å². The van der Waals surface area contributed by atoms with E-state index in [9.17, 15) is 9.59 Å². The van der Waals surface area contributed by atoms with Gasteiger partial charge in [-0.15, -0.1) is 0 Å². The van der Waals surface area contributed by atoms with Crippen LogP contribution in [-0.2, 0) is 9.59 Å². The highest BCUT2D eigenvalue weighted by molar-refractivity contribution is 5.88. The minimum Gasteiger partial charge on any atom is -0.353 e. The Kier molecular flexibility index (Phi) is 8.70.